The highest BCUT2D eigenvalue weighted by atomic mass is 16.6. The van der Waals surface area contributed by atoms with E-state index in [0.717, 1.165) is 16.3 Å². The van der Waals surface area contributed by atoms with E-state index < -0.39 is 4.92 Å². The molecule has 0 bridgehead atoms. The molecule has 0 radical (unpaired) electrons. The Hall–Kier alpha value is -3.74. The van der Waals surface area contributed by atoms with E-state index in [1.165, 1.54) is 25.5 Å². The number of amides is 1. The van der Waals surface area contributed by atoms with Gasteiger partial charge >= 0.3 is 5.69 Å². The van der Waals surface area contributed by atoms with Crippen molar-refractivity contribution in [3.63, 3.8) is 0 Å². The lowest BCUT2D eigenvalue weighted by molar-refractivity contribution is -0.385. The van der Waals surface area contributed by atoms with Crippen LogP contribution in [0.2, 0.25) is 0 Å². The molecule has 136 valence electrons. The Labute approximate surface area is 155 Å². The zero-order valence-electron chi connectivity index (χ0n) is 14.6. The predicted molar refractivity (Wildman–Crippen MR) is 103 cm³/mol. The molecule has 0 fully saturated rings. The van der Waals surface area contributed by atoms with E-state index in [1.54, 1.807) is 6.07 Å². The second kappa shape index (κ2) is 8.09. The average molecular weight is 363 g/mol. The van der Waals surface area contributed by atoms with E-state index in [-0.39, 0.29) is 23.8 Å². The van der Waals surface area contributed by atoms with E-state index >= 15 is 0 Å². The van der Waals surface area contributed by atoms with Crippen molar-refractivity contribution in [2.24, 2.45) is 5.10 Å². The summed E-state index contributed by atoms with van der Waals surface area (Å²) < 4.78 is 4.95. The van der Waals surface area contributed by atoms with Crippen LogP contribution in [0, 0.1) is 10.1 Å². The molecule has 3 aromatic rings. The molecule has 1 N–H and O–H groups in total. The quantitative estimate of drug-likeness (QED) is 0.412. The van der Waals surface area contributed by atoms with Gasteiger partial charge < -0.3 is 4.74 Å². The Bertz CT molecular complexity index is 1030. The van der Waals surface area contributed by atoms with E-state index in [4.69, 9.17) is 4.74 Å². The first-order valence-corrected chi connectivity index (χ1v) is 8.19. The molecule has 0 spiro atoms. The SMILES string of the molecule is COc1ccc(/C=N/NC(=O)Cc2cccc3ccccc23)cc1[N+](=O)[O-]. The summed E-state index contributed by atoms with van der Waals surface area (Å²) in [5.74, 6) is -0.109. The number of carbonyl (C=O) groups excluding carboxylic acids is 1. The topological polar surface area (TPSA) is 93.8 Å². The molecule has 0 aliphatic rings. The molecule has 7 nitrogen and oxygen atoms in total. The molecule has 0 aromatic heterocycles. The van der Waals surface area contributed by atoms with Crippen molar-refractivity contribution in [1.29, 1.82) is 0 Å². The Morgan fingerprint density at radius 2 is 1.96 bits per heavy atom. The summed E-state index contributed by atoms with van der Waals surface area (Å²) in [5, 5.41) is 17.0. The molecule has 0 saturated heterocycles. The van der Waals surface area contributed by atoms with Gasteiger partial charge in [-0.2, -0.15) is 5.10 Å². The number of nitro benzene ring substituents is 1. The predicted octanol–water partition coefficient (Wildman–Crippen LogP) is 3.45. The average Bonchev–Trinajstić information content (AvgIpc) is 2.68. The van der Waals surface area contributed by atoms with Crippen LogP contribution in [-0.2, 0) is 11.2 Å². The molecule has 0 saturated carbocycles. The fourth-order valence-electron chi connectivity index (χ4n) is 2.77. The van der Waals surface area contributed by atoms with Gasteiger partial charge in [-0.15, -0.1) is 0 Å². The molecule has 3 rings (SSSR count). The van der Waals surface area contributed by atoms with Crippen LogP contribution in [0.4, 0.5) is 5.69 Å². The normalized spacial score (nSPS) is 10.9. The van der Waals surface area contributed by atoms with Gasteiger partial charge in [-0.1, -0.05) is 42.5 Å². The van der Waals surface area contributed by atoms with Gasteiger partial charge in [-0.25, -0.2) is 5.43 Å². The summed E-state index contributed by atoms with van der Waals surface area (Å²) in [5.41, 5.74) is 3.67. The van der Waals surface area contributed by atoms with Crippen molar-refractivity contribution in [2.45, 2.75) is 6.42 Å². The van der Waals surface area contributed by atoms with Crippen molar-refractivity contribution >= 4 is 28.6 Å². The van der Waals surface area contributed by atoms with Gasteiger partial charge in [0.05, 0.1) is 24.7 Å². The number of hydrogen-bond acceptors (Lipinski definition) is 5. The van der Waals surface area contributed by atoms with Crippen molar-refractivity contribution in [2.75, 3.05) is 7.11 Å². The summed E-state index contributed by atoms with van der Waals surface area (Å²) >= 11 is 0. The molecular weight excluding hydrogens is 346 g/mol. The first-order chi connectivity index (χ1) is 13.1. The van der Waals surface area contributed by atoms with Crippen LogP contribution >= 0.6 is 0 Å². The van der Waals surface area contributed by atoms with Gasteiger partial charge in [0, 0.05) is 11.6 Å². The van der Waals surface area contributed by atoms with E-state index in [2.05, 4.69) is 10.5 Å². The fourth-order valence-corrected chi connectivity index (χ4v) is 2.77. The second-order valence-electron chi connectivity index (χ2n) is 5.80. The zero-order valence-corrected chi connectivity index (χ0v) is 14.6. The lowest BCUT2D eigenvalue weighted by Gasteiger charge is -2.05. The summed E-state index contributed by atoms with van der Waals surface area (Å²) in [6, 6.07) is 18.1. The van der Waals surface area contributed by atoms with Crippen molar-refractivity contribution in [1.82, 2.24) is 5.43 Å². The number of hydrazone groups is 1. The molecule has 1 amide bonds. The lowest BCUT2D eigenvalue weighted by Crippen LogP contribution is -2.19. The van der Waals surface area contributed by atoms with Crippen LogP contribution in [0.25, 0.3) is 10.8 Å². The molecule has 3 aromatic carbocycles. The third kappa shape index (κ3) is 4.27. The molecule has 7 heteroatoms. The largest absolute Gasteiger partial charge is 0.490 e. The maximum Gasteiger partial charge on any atom is 0.311 e. The Kier molecular flexibility index (Phi) is 5.41. The number of rotatable bonds is 6. The van der Waals surface area contributed by atoms with E-state index in [1.807, 2.05) is 42.5 Å². The number of benzene rings is 3. The van der Waals surface area contributed by atoms with Gasteiger partial charge in [-0.05, 0) is 28.5 Å². The number of ether oxygens (including phenoxy) is 1. The fraction of sp³-hybridized carbons (Fsp3) is 0.100. The van der Waals surface area contributed by atoms with Crippen LogP contribution in [0.5, 0.6) is 5.75 Å². The Balaban J connectivity index is 1.68. The molecular formula is C20H17N3O4. The highest BCUT2D eigenvalue weighted by Gasteiger charge is 2.14. The molecule has 27 heavy (non-hydrogen) atoms. The zero-order chi connectivity index (χ0) is 19.2. The van der Waals surface area contributed by atoms with Crippen LogP contribution in [-0.4, -0.2) is 24.2 Å². The monoisotopic (exact) mass is 363 g/mol. The Morgan fingerprint density at radius 1 is 1.19 bits per heavy atom. The molecule has 0 aliphatic carbocycles. The number of nitro groups is 1. The smallest absolute Gasteiger partial charge is 0.311 e. The highest BCUT2D eigenvalue weighted by molar-refractivity contribution is 5.90. The summed E-state index contributed by atoms with van der Waals surface area (Å²) in [6.07, 6.45) is 1.54. The first kappa shape index (κ1) is 18.1. The van der Waals surface area contributed by atoms with Crippen LogP contribution in [0.15, 0.2) is 65.8 Å². The highest BCUT2D eigenvalue weighted by Crippen LogP contribution is 2.26. The number of carbonyl (C=O) groups is 1. The third-order valence-corrected chi connectivity index (χ3v) is 4.03. The van der Waals surface area contributed by atoms with E-state index in [0.29, 0.717) is 5.56 Å². The minimum Gasteiger partial charge on any atom is -0.490 e. The summed E-state index contributed by atoms with van der Waals surface area (Å²) in [6.45, 7) is 0. The van der Waals surface area contributed by atoms with Crippen LogP contribution < -0.4 is 10.2 Å². The van der Waals surface area contributed by atoms with Crippen LogP contribution in [0.1, 0.15) is 11.1 Å². The number of methoxy groups -OCH3 is 1. The number of nitrogens with one attached hydrogen (secondary N) is 1. The summed E-state index contributed by atoms with van der Waals surface area (Å²) in [4.78, 5) is 22.7. The standard InChI is InChI=1S/C20H17N3O4/c1-27-19-10-9-14(11-18(19)23(25)26)13-21-22-20(24)12-16-7-4-6-15-5-2-3-8-17(15)16/h2-11,13H,12H2,1H3,(H,22,24)/b21-13+. The van der Waals surface area contributed by atoms with Gasteiger partial charge in [0.25, 0.3) is 0 Å². The minimum absolute atomic E-state index is 0.163. The van der Waals surface area contributed by atoms with Gasteiger partial charge in [-0.3, -0.25) is 14.9 Å². The molecule has 0 aliphatic heterocycles. The minimum atomic E-state index is -0.532. The summed E-state index contributed by atoms with van der Waals surface area (Å²) in [7, 11) is 1.36. The van der Waals surface area contributed by atoms with Crippen molar-refractivity contribution < 1.29 is 14.5 Å². The van der Waals surface area contributed by atoms with Gasteiger partial charge in [0.1, 0.15) is 0 Å². The molecule has 0 atom stereocenters. The number of fused-ring (bicyclic) bond motifs is 1. The van der Waals surface area contributed by atoms with Crippen molar-refractivity contribution in [3.05, 3.63) is 81.9 Å². The maximum atomic E-state index is 12.2. The Morgan fingerprint density at radius 3 is 2.74 bits per heavy atom. The molecule has 0 unspecified atom stereocenters. The third-order valence-electron chi connectivity index (χ3n) is 4.03. The second-order valence-corrected chi connectivity index (χ2v) is 5.80. The van der Waals surface area contributed by atoms with Gasteiger partial charge in [0.2, 0.25) is 5.91 Å². The van der Waals surface area contributed by atoms with Crippen molar-refractivity contribution in [3.8, 4) is 5.75 Å². The van der Waals surface area contributed by atoms with E-state index in [9.17, 15) is 14.9 Å². The molecule has 0 heterocycles. The first-order valence-electron chi connectivity index (χ1n) is 8.19. The lowest BCUT2D eigenvalue weighted by atomic mass is 10.0. The number of hydrogen-bond donors (Lipinski definition) is 1. The maximum absolute atomic E-state index is 12.2. The number of nitrogens with zero attached hydrogens (tertiary/aromatic N) is 2. The van der Waals surface area contributed by atoms with Crippen LogP contribution in [0.3, 0.4) is 0 Å². The van der Waals surface area contributed by atoms with Gasteiger partial charge in [0.15, 0.2) is 5.75 Å².